The SMILES string of the molecule is COc1ccccc1S(=O)(=O)N1CCC(c2ccccc2F)S(=O)(=O)CC1. The second-order valence-electron chi connectivity index (χ2n) is 6.22. The van der Waals surface area contributed by atoms with Crippen LogP contribution in [0, 0.1) is 5.82 Å². The Hall–Kier alpha value is -1.97. The van der Waals surface area contributed by atoms with Gasteiger partial charge in [0.2, 0.25) is 10.0 Å². The molecule has 1 atom stereocenters. The summed E-state index contributed by atoms with van der Waals surface area (Å²) in [6.07, 6.45) is -0.0162. The first-order chi connectivity index (χ1) is 12.8. The monoisotopic (exact) mass is 413 g/mol. The van der Waals surface area contributed by atoms with Gasteiger partial charge in [0.05, 0.1) is 18.1 Å². The number of benzene rings is 2. The van der Waals surface area contributed by atoms with Crippen molar-refractivity contribution in [1.82, 2.24) is 4.31 Å². The number of rotatable bonds is 4. The Kier molecular flexibility index (Phi) is 5.55. The summed E-state index contributed by atoms with van der Waals surface area (Å²) in [5, 5.41) is -1.07. The molecule has 3 rings (SSSR count). The Morgan fingerprint density at radius 1 is 1.07 bits per heavy atom. The number of ether oxygens (including phenoxy) is 1. The number of halogens is 1. The van der Waals surface area contributed by atoms with Crippen LogP contribution in [0.25, 0.3) is 0 Å². The summed E-state index contributed by atoms with van der Waals surface area (Å²) < 4.78 is 71.8. The van der Waals surface area contributed by atoms with Gasteiger partial charge >= 0.3 is 0 Å². The Morgan fingerprint density at radius 2 is 1.74 bits per heavy atom. The molecule has 9 heteroatoms. The number of sulfonamides is 1. The summed E-state index contributed by atoms with van der Waals surface area (Å²) in [5.41, 5.74) is 0.0778. The van der Waals surface area contributed by atoms with E-state index in [9.17, 15) is 21.2 Å². The Morgan fingerprint density at radius 3 is 2.44 bits per heavy atom. The zero-order chi connectivity index (χ0) is 19.7. The molecule has 6 nitrogen and oxygen atoms in total. The largest absolute Gasteiger partial charge is 0.495 e. The van der Waals surface area contributed by atoms with Crippen molar-refractivity contribution < 1.29 is 26.0 Å². The number of nitrogens with zero attached hydrogens (tertiary/aromatic N) is 1. The third-order valence-corrected chi connectivity index (χ3v) is 8.68. The highest BCUT2D eigenvalue weighted by molar-refractivity contribution is 7.92. The molecule has 1 aliphatic rings. The van der Waals surface area contributed by atoms with Gasteiger partial charge < -0.3 is 4.74 Å². The van der Waals surface area contributed by atoms with E-state index in [1.165, 1.54) is 37.4 Å². The Bertz CT molecular complexity index is 1040. The maximum atomic E-state index is 14.1. The first-order valence-electron chi connectivity index (χ1n) is 8.36. The van der Waals surface area contributed by atoms with E-state index in [1.54, 1.807) is 18.2 Å². The van der Waals surface area contributed by atoms with Crippen molar-refractivity contribution in [2.45, 2.75) is 16.6 Å². The van der Waals surface area contributed by atoms with Crippen LogP contribution in [0.2, 0.25) is 0 Å². The normalized spacial score (nSPS) is 20.7. The van der Waals surface area contributed by atoms with Gasteiger partial charge in [-0.3, -0.25) is 0 Å². The summed E-state index contributed by atoms with van der Waals surface area (Å²) in [4.78, 5) is -0.0192. The fourth-order valence-corrected chi connectivity index (χ4v) is 6.75. The van der Waals surface area contributed by atoms with Crippen LogP contribution in [0.1, 0.15) is 17.2 Å². The number of methoxy groups -OCH3 is 1. The molecule has 2 aromatic carbocycles. The second-order valence-corrected chi connectivity index (χ2v) is 10.4. The van der Waals surface area contributed by atoms with Crippen LogP contribution in [0.15, 0.2) is 53.4 Å². The molecular formula is C18H20FNO5S2. The second kappa shape index (κ2) is 7.57. The van der Waals surface area contributed by atoms with Gasteiger partial charge in [-0.2, -0.15) is 4.31 Å². The topological polar surface area (TPSA) is 80.8 Å². The lowest BCUT2D eigenvalue weighted by molar-refractivity contribution is 0.392. The lowest BCUT2D eigenvalue weighted by Gasteiger charge is -2.21. The molecule has 1 heterocycles. The molecule has 0 aliphatic carbocycles. The van der Waals surface area contributed by atoms with Crippen LogP contribution < -0.4 is 4.74 Å². The molecule has 1 saturated heterocycles. The molecule has 27 heavy (non-hydrogen) atoms. The first-order valence-corrected chi connectivity index (χ1v) is 11.5. The van der Waals surface area contributed by atoms with Gasteiger partial charge in [0, 0.05) is 18.7 Å². The van der Waals surface area contributed by atoms with Gasteiger partial charge in [-0.15, -0.1) is 0 Å². The van der Waals surface area contributed by atoms with E-state index in [-0.39, 0.29) is 41.5 Å². The number of hydrogen-bond donors (Lipinski definition) is 0. The average Bonchev–Trinajstić information content (AvgIpc) is 2.80. The van der Waals surface area contributed by atoms with E-state index >= 15 is 0 Å². The predicted octanol–water partition coefficient (Wildman–Crippen LogP) is 2.38. The fourth-order valence-electron chi connectivity index (χ4n) is 3.22. The standard InChI is InChI=1S/C18H20FNO5S2/c1-25-16-8-4-5-9-18(16)27(23,24)20-11-10-17(26(21,22)13-12-20)14-6-2-3-7-15(14)19/h2-9,17H,10-13H2,1H3. The molecule has 0 aromatic heterocycles. The zero-order valence-electron chi connectivity index (χ0n) is 14.7. The van der Waals surface area contributed by atoms with Gasteiger partial charge in [-0.25, -0.2) is 21.2 Å². The highest BCUT2D eigenvalue weighted by Crippen LogP contribution is 2.34. The van der Waals surface area contributed by atoms with E-state index in [0.29, 0.717) is 0 Å². The van der Waals surface area contributed by atoms with Crippen LogP contribution in [0.5, 0.6) is 5.75 Å². The third kappa shape index (κ3) is 3.85. The van der Waals surface area contributed by atoms with E-state index in [4.69, 9.17) is 4.74 Å². The maximum Gasteiger partial charge on any atom is 0.246 e. The van der Waals surface area contributed by atoms with Crippen molar-refractivity contribution in [3.8, 4) is 5.75 Å². The van der Waals surface area contributed by atoms with E-state index < -0.39 is 30.9 Å². The fraction of sp³-hybridized carbons (Fsp3) is 0.333. The minimum absolute atomic E-state index is 0.0162. The minimum atomic E-state index is -3.94. The molecule has 1 aliphatic heterocycles. The van der Waals surface area contributed by atoms with Crippen molar-refractivity contribution in [1.29, 1.82) is 0 Å². The highest BCUT2D eigenvalue weighted by atomic mass is 32.2. The quantitative estimate of drug-likeness (QED) is 0.769. The predicted molar refractivity (Wildman–Crippen MR) is 99.3 cm³/mol. The van der Waals surface area contributed by atoms with Crippen molar-refractivity contribution in [2.75, 3.05) is 26.0 Å². The first kappa shape index (κ1) is 19.8. The summed E-state index contributed by atoms with van der Waals surface area (Å²) in [7, 11) is -6.28. The number of para-hydroxylation sites is 1. The summed E-state index contributed by atoms with van der Waals surface area (Å²) in [6.45, 7) is -0.216. The highest BCUT2D eigenvalue weighted by Gasteiger charge is 2.37. The van der Waals surface area contributed by atoms with Crippen LogP contribution >= 0.6 is 0 Å². The maximum absolute atomic E-state index is 14.1. The van der Waals surface area contributed by atoms with Crippen molar-refractivity contribution in [2.24, 2.45) is 0 Å². The smallest absolute Gasteiger partial charge is 0.246 e. The van der Waals surface area contributed by atoms with Crippen molar-refractivity contribution in [3.63, 3.8) is 0 Å². The Balaban J connectivity index is 1.95. The molecule has 0 spiro atoms. The molecule has 0 N–H and O–H groups in total. The van der Waals surface area contributed by atoms with E-state index in [1.807, 2.05) is 0 Å². The number of sulfone groups is 1. The lowest BCUT2D eigenvalue weighted by Crippen LogP contribution is -2.33. The zero-order valence-corrected chi connectivity index (χ0v) is 16.3. The lowest BCUT2D eigenvalue weighted by atomic mass is 10.1. The molecule has 1 unspecified atom stereocenters. The van der Waals surface area contributed by atoms with E-state index in [0.717, 1.165) is 4.31 Å². The molecule has 0 amide bonds. The van der Waals surface area contributed by atoms with Crippen molar-refractivity contribution in [3.05, 3.63) is 59.9 Å². The summed E-state index contributed by atoms with van der Waals surface area (Å²) in [5.74, 6) is -0.789. The number of hydrogen-bond acceptors (Lipinski definition) is 5. The Labute approximate surface area is 158 Å². The molecule has 0 bridgehead atoms. The molecule has 0 saturated carbocycles. The molecule has 1 fully saturated rings. The third-order valence-electron chi connectivity index (χ3n) is 4.64. The van der Waals surface area contributed by atoms with Gasteiger partial charge in [0.1, 0.15) is 16.5 Å². The van der Waals surface area contributed by atoms with Gasteiger partial charge in [-0.1, -0.05) is 30.3 Å². The van der Waals surface area contributed by atoms with Crippen LogP contribution in [-0.4, -0.2) is 47.1 Å². The molecule has 2 aromatic rings. The van der Waals surface area contributed by atoms with Gasteiger partial charge in [0.15, 0.2) is 9.84 Å². The average molecular weight is 413 g/mol. The van der Waals surface area contributed by atoms with E-state index in [2.05, 4.69) is 0 Å². The van der Waals surface area contributed by atoms with Crippen LogP contribution in [0.3, 0.4) is 0 Å². The molecule has 146 valence electrons. The molecule has 0 radical (unpaired) electrons. The van der Waals surface area contributed by atoms with Crippen LogP contribution in [0.4, 0.5) is 4.39 Å². The summed E-state index contributed by atoms with van der Waals surface area (Å²) in [6, 6.07) is 11.9. The summed E-state index contributed by atoms with van der Waals surface area (Å²) >= 11 is 0. The van der Waals surface area contributed by atoms with Crippen LogP contribution in [-0.2, 0) is 19.9 Å². The minimum Gasteiger partial charge on any atom is -0.495 e. The molecular weight excluding hydrogens is 393 g/mol. The van der Waals surface area contributed by atoms with Crippen molar-refractivity contribution >= 4 is 19.9 Å². The van der Waals surface area contributed by atoms with Gasteiger partial charge in [-0.05, 0) is 24.6 Å². The van der Waals surface area contributed by atoms with Gasteiger partial charge in [0.25, 0.3) is 0 Å².